The lowest BCUT2D eigenvalue weighted by Gasteiger charge is -2.27. The number of carbonyl (C=O) groups excluding carboxylic acids is 1. The van der Waals surface area contributed by atoms with Crippen LogP contribution in [-0.2, 0) is 0 Å². The van der Waals surface area contributed by atoms with Crippen LogP contribution in [-0.4, -0.2) is 23.2 Å². The average molecular weight is 249 g/mol. The Morgan fingerprint density at radius 1 is 1.28 bits per heavy atom. The Hall–Kier alpha value is -1.35. The number of rotatable bonds is 4. The summed E-state index contributed by atoms with van der Waals surface area (Å²) in [6, 6.07) is 5.74. The molecule has 3 heteroatoms. The Kier molecular flexibility index (Phi) is 4.52. The molecule has 18 heavy (non-hydrogen) atoms. The largest absolute Gasteiger partial charge is 0.388 e. The summed E-state index contributed by atoms with van der Waals surface area (Å²) in [5, 5.41) is 12.9. The third kappa shape index (κ3) is 3.84. The quantitative estimate of drug-likeness (QED) is 0.861. The zero-order valence-corrected chi connectivity index (χ0v) is 11.9. The van der Waals surface area contributed by atoms with Crippen LogP contribution in [0.2, 0.25) is 0 Å². The fourth-order valence-electron chi connectivity index (χ4n) is 1.67. The van der Waals surface area contributed by atoms with Crippen LogP contribution in [0.25, 0.3) is 0 Å². The molecule has 100 valence electrons. The lowest BCUT2D eigenvalue weighted by molar-refractivity contribution is 0.0142. The van der Waals surface area contributed by atoms with Gasteiger partial charge in [-0.3, -0.25) is 4.79 Å². The van der Waals surface area contributed by atoms with E-state index in [-0.39, 0.29) is 18.4 Å². The first-order valence-electron chi connectivity index (χ1n) is 6.31. The monoisotopic (exact) mass is 249 g/mol. The Labute approximate surface area is 109 Å². The third-order valence-corrected chi connectivity index (χ3v) is 3.33. The number of aryl methyl sites for hydroxylation is 2. The minimum atomic E-state index is -0.880. The molecule has 3 nitrogen and oxygen atoms in total. The summed E-state index contributed by atoms with van der Waals surface area (Å²) in [7, 11) is 0. The maximum absolute atomic E-state index is 12.0. The summed E-state index contributed by atoms with van der Waals surface area (Å²) < 4.78 is 0. The molecule has 0 aliphatic carbocycles. The van der Waals surface area contributed by atoms with Crippen molar-refractivity contribution < 1.29 is 9.90 Å². The third-order valence-electron chi connectivity index (χ3n) is 3.33. The van der Waals surface area contributed by atoms with Gasteiger partial charge >= 0.3 is 0 Å². The van der Waals surface area contributed by atoms with E-state index in [0.717, 1.165) is 11.1 Å². The maximum atomic E-state index is 12.0. The van der Waals surface area contributed by atoms with Crippen molar-refractivity contribution in [3.05, 3.63) is 34.9 Å². The van der Waals surface area contributed by atoms with Gasteiger partial charge in [0.25, 0.3) is 5.91 Å². The second kappa shape index (κ2) is 5.53. The second-order valence-electron chi connectivity index (χ2n) is 5.57. The molecule has 1 rings (SSSR count). The van der Waals surface area contributed by atoms with Crippen molar-refractivity contribution in [2.24, 2.45) is 5.92 Å². The smallest absolute Gasteiger partial charge is 0.251 e. The SMILES string of the molecule is Cc1cc(C)cc(C(=O)NCC(C)(O)C(C)C)c1. The Bertz CT molecular complexity index is 416. The fourth-order valence-corrected chi connectivity index (χ4v) is 1.67. The van der Waals surface area contributed by atoms with E-state index < -0.39 is 5.60 Å². The van der Waals surface area contributed by atoms with Crippen LogP contribution >= 0.6 is 0 Å². The number of benzene rings is 1. The van der Waals surface area contributed by atoms with Crippen molar-refractivity contribution in [2.45, 2.75) is 40.2 Å². The van der Waals surface area contributed by atoms with Gasteiger partial charge < -0.3 is 10.4 Å². The number of amides is 1. The van der Waals surface area contributed by atoms with E-state index in [1.807, 2.05) is 45.9 Å². The molecule has 1 atom stereocenters. The molecule has 1 unspecified atom stereocenters. The molecule has 0 aromatic heterocycles. The topological polar surface area (TPSA) is 49.3 Å². The van der Waals surface area contributed by atoms with Crippen LogP contribution in [0.15, 0.2) is 18.2 Å². The molecule has 0 bridgehead atoms. The molecule has 0 spiro atoms. The van der Waals surface area contributed by atoms with Crippen LogP contribution in [0, 0.1) is 19.8 Å². The van der Waals surface area contributed by atoms with Crippen molar-refractivity contribution in [1.29, 1.82) is 0 Å². The zero-order chi connectivity index (χ0) is 13.9. The molecule has 0 fully saturated rings. The van der Waals surface area contributed by atoms with Crippen molar-refractivity contribution >= 4 is 5.91 Å². The summed E-state index contributed by atoms with van der Waals surface area (Å²) in [4.78, 5) is 12.0. The van der Waals surface area contributed by atoms with Crippen LogP contribution < -0.4 is 5.32 Å². The Morgan fingerprint density at radius 2 is 1.78 bits per heavy atom. The van der Waals surface area contributed by atoms with Gasteiger partial charge in [0.2, 0.25) is 0 Å². The zero-order valence-electron chi connectivity index (χ0n) is 11.9. The number of aliphatic hydroxyl groups is 1. The molecule has 0 saturated heterocycles. The highest BCUT2D eigenvalue weighted by molar-refractivity contribution is 5.94. The highest BCUT2D eigenvalue weighted by atomic mass is 16.3. The molecule has 1 amide bonds. The molecule has 0 saturated carbocycles. The second-order valence-corrected chi connectivity index (χ2v) is 5.57. The summed E-state index contributed by atoms with van der Waals surface area (Å²) in [5.74, 6) is -0.0419. The molecule has 1 aromatic rings. The first-order chi connectivity index (χ1) is 8.22. The summed E-state index contributed by atoms with van der Waals surface area (Å²) in [5.41, 5.74) is 1.90. The van der Waals surface area contributed by atoms with Crippen LogP contribution in [0.4, 0.5) is 0 Å². The molecular weight excluding hydrogens is 226 g/mol. The van der Waals surface area contributed by atoms with Gasteiger partial charge in [-0.15, -0.1) is 0 Å². The maximum Gasteiger partial charge on any atom is 0.251 e. The first kappa shape index (κ1) is 14.7. The van der Waals surface area contributed by atoms with Crippen LogP contribution in [0.3, 0.4) is 0 Å². The molecule has 2 N–H and O–H groups in total. The first-order valence-corrected chi connectivity index (χ1v) is 6.31. The standard InChI is InChI=1S/C15H23NO2/c1-10(2)15(5,18)9-16-14(17)13-7-11(3)6-12(4)8-13/h6-8,10,18H,9H2,1-5H3,(H,16,17). The number of hydrogen-bond donors (Lipinski definition) is 2. The number of hydrogen-bond acceptors (Lipinski definition) is 2. The van der Waals surface area contributed by atoms with Gasteiger partial charge in [0.05, 0.1) is 5.60 Å². The molecular formula is C15H23NO2. The highest BCUT2D eigenvalue weighted by Gasteiger charge is 2.25. The predicted molar refractivity (Wildman–Crippen MR) is 73.7 cm³/mol. The van der Waals surface area contributed by atoms with E-state index in [1.165, 1.54) is 0 Å². The highest BCUT2D eigenvalue weighted by Crippen LogP contribution is 2.15. The Morgan fingerprint density at radius 3 is 2.22 bits per heavy atom. The van der Waals surface area contributed by atoms with E-state index in [1.54, 1.807) is 6.92 Å². The van der Waals surface area contributed by atoms with E-state index in [9.17, 15) is 9.90 Å². The lowest BCUT2D eigenvalue weighted by Crippen LogP contribution is -2.44. The van der Waals surface area contributed by atoms with Crippen LogP contribution in [0.5, 0.6) is 0 Å². The molecule has 0 radical (unpaired) electrons. The van der Waals surface area contributed by atoms with E-state index in [2.05, 4.69) is 5.32 Å². The number of carbonyl (C=O) groups is 1. The fraction of sp³-hybridized carbons (Fsp3) is 0.533. The molecule has 0 aliphatic rings. The van der Waals surface area contributed by atoms with Gasteiger partial charge in [0.1, 0.15) is 0 Å². The van der Waals surface area contributed by atoms with E-state index >= 15 is 0 Å². The van der Waals surface area contributed by atoms with Gasteiger partial charge in [0.15, 0.2) is 0 Å². The van der Waals surface area contributed by atoms with Gasteiger partial charge in [-0.2, -0.15) is 0 Å². The van der Waals surface area contributed by atoms with Gasteiger partial charge in [-0.05, 0) is 38.8 Å². The van der Waals surface area contributed by atoms with Gasteiger partial charge in [-0.25, -0.2) is 0 Å². The minimum absolute atomic E-state index is 0.0945. The van der Waals surface area contributed by atoms with E-state index in [4.69, 9.17) is 0 Å². The van der Waals surface area contributed by atoms with Crippen molar-refractivity contribution in [3.8, 4) is 0 Å². The Balaban J connectivity index is 2.72. The van der Waals surface area contributed by atoms with Gasteiger partial charge in [0, 0.05) is 12.1 Å². The predicted octanol–water partition coefficient (Wildman–Crippen LogP) is 2.44. The summed E-state index contributed by atoms with van der Waals surface area (Å²) >= 11 is 0. The van der Waals surface area contributed by atoms with Crippen molar-refractivity contribution in [3.63, 3.8) is 0 Å². The summed E-state index contributed by atoms with van der Waals surface area (Å²) in [6.07, 6.45) is 0. The van der Waals surface area contributed by atoms with Crippen molar-refractivity contribution in [1.82, 2.24) is 5.32 Å². The number of nitrogens with one attached hydrogen (secondary N) is 1. The normalized spacial score (nSPS) is 14.4. The summed E-state index contributed by atoms with van der Waals surface area (Å²) in [6.45, 7) is 9.80. The molecule has 0 heterocycles. The van der Waals surface area contributed by atoms with Crippen molar-refractivity contribution in [2.75, 3.05) is 6.54 Å². The van der Waals surface area contributed by atoms with Gasteiger partial charge in [-0.1, -0.05) is 31.0 Å². The molecule has 1 aromatic carbocycles. The minimum Gasteiger partial charge on any atom is -0.388 e. The average Bonchev–Trinajstić information content (AvgIpc) is 2.24. The lowest BCUT2D eigenvalue weighted by atomic mass is 9.92. The molecule has 0 aliphatic heterocycles. The van der Waals surface area contributed by atoms with E-state index in [0.29, 0.717) is 5.56 Å². The van der Waals surface area contributed by atoms with Crippen LogP contribution in [0.1, 0.15) is 42.3 Å².